The average Bonchev–Trinajstić information content (AvgIpc) is 3.36. The molecule has 13 heteroatoms. The highest BCUT2D eigenvalue weighted by Crippen LogP contribution is 2.32. The van der Waals surface area contributed by atoms with E-state index in [0.717, 1.165) is 26.8 Å². The maximum absolute atomic E-state index is 12.9. The van der Waals surface area contributed by atoms with Gasteiger partial charge in [-0.2, -0.15) is 0 Å². The van der Waals surface area contributed by atoms with E-state index in [-0.39, 0.29) is 30.1 Å². The van der Waals surface area contributed by atoms with Crippen molar-refractivity contribution in [2.75, 3.05) is 29.4 Å². The normalized spacial score (nSPS) is 15.7. The summed E-state index contributed by atoms with van der Waals surface area (Å²) in [5, 5.41) is 3.56. The molecule has 0 radical (unpaired) electrons. The highest BCUT2D eigenvalue weighted by Gasteiger charge is 2.31. The number of aryl methyl sites for hydroxylation is 2. The van der Waals surface area contributed by atoms with E-state index >= 15 is 0 Å². The molecule has 1 atom stereocenters. The van der Waals surface area contributed by atoms with Crippen LogP contribution >= 0.6 is 35.3 Å². The number of carbonyl (C=O) groups is 1. The van der Waals surface area contributed by atoms with Gasteiger partial charge in [0.25, 0.3) is 5.91 Å². The van der Waals surface area contributed by atoms with Gasteiger partial charge in [-0.3, -0.25) is 9.20 Å². The first-order chi connectivity index (χ1) is 18.5. The monoisotopic (exact) mass is 613 g/mol. The Kier molecular flexibility index (Phi) is 8.77. The minimum atomic E-state index is -4.71. The number of thiazole rings is 1. The Hall–Kier alpha value is -3.15. The van der Waals surface area contributed by atoms with Crippen LogP contribution in [0.15, 0.2) is 48.7 Å². The number of imidazole rings is 1. The summed E-state index contributed by atoms with van der Waals surface area (Å²) in [6.45, 7) is 8.25. The number of nitrogens with one attached hydrogen (secondary N) is 1. The van der Waals surface area contributed by atoms with Crippen LogP contribution in [0.4, 0.5) is 24.5 Å². The van der Waals surface area contributed by atoms with Crippen molar-refractivity contribution in [2.45, 2.75) is 39.7 Å². The van der Waals surface area contributed by atoms with Crippen molar-refractivity contribution in [1.82, 2.24) is 14.7 Å². The van der Waals surface area contributed by atoms with Gasteiger partial charge in [-0.05, 0) is 62.7 Å². The molecule has 0 bridgehead atoms. The Morgan fingerprint density at radius 1 is 1.18 bits per heavy atom. The zero-order valence-electron chi connectivity index (χ0n) is 22.0. The number of nitrogens with zero attached hydrogens (tertiary/aromatic N) is 4. The molecule has 2 aromatic carbocycles. The predicted molar refractivity (Wildman–Crippen MR) is 155 cm³/mol. The number of hydrogen-bond donors (Lipinski definition) is 1. The molecule has 1 saturated heterocycles. The number of halogens is 5. The molecule has 1 N–H and O–H groups in total. The van der Waals surface area contributed by atoms with Crippen molar-refractivity contribution < 1.29 is 22.7 Å². The number of benzene rings is 2. The number of carbonyl (C=O) groups excluding carboxylic acids is 1. The Bertz CT molecular complexity index is 1510. The van der Waals surface area contributed by atoms with Gasteiger partial charge < -0.3 is 19.9 Å². The summed E-state index contributed by atoms with van der Waals surface area (Å²) >= 11 is 8.21. The molecular weight excluding hydrogens is 586 g/mol. The van der Waals surface area contributed by atoms with Crippen LogP contribution in [0.5, 0.6) is 5.75 Å². The molecule has 1 amide bonds. The van der Waals surface area contributed by atoms with Crippen LogP contribution < -0.4 is 19.9 Å². The second-order valence-electron chi connectivity index (χ2n) is 9.54. The van der Waals surface area contributed by atoms with Crippen LogP contribution in [0, 0.1) is 13.8 Å². The number of piperazine rings is 1. The summed E-state index contributed by atoms with van der Waals surface area (Å²) in [5.41, 5.74) is 3.83. The van der Waals surface area contributed by atoms with E-state index in [2.05, 4.69) is 31.8 Å². The smallest absolute Gasteiger partial charge is 0.406 e. The number of hydrogen-bond acceptors (Lipinski definition) is 6. The molecule has 7 nitrogen and oxygen atoms in total. The van der Waals surface area contributed by atoms with Crippen LogP contribution in [0.3, 0.4) is 0 Å². The van der Waals surface area contributed by atoms with Crippen LogP contribution in [-0.2, 0) is 6.54 Å². The van der Waals surface area contributed by atoms with E-state index in [1.807, 2.05) is 42.6 Å². The summed E-state index contributed by atoms with van der Waals surface area (Å²) in [6.07, 6.45) is -2.80. The summed E-state index contributed by atoms with van der Waals surface area (Å²) in [5.74, 6) is -0.434. The van der Waals surface area contributed by atoms with Crippen molar-refractivity contribution in [1.29, 1.82) is 0 Å². The molecule has 4 aromatic rings. The van der Waals surface area contributed by atoms with Crippen LogP contribution in [-0.4, -0.2) is 47.3 Å². The number of anilines is 2. The molecule has 0 aliphatic carbocycles. The number of alkyl halides is 3. The Balaban J connectivity index is 0.00000370. The van der Waals surface area contributed by atoms with Gasteiger partial charge in [0, 0.05) is 49.0 Å². The van der Waals surface area contributed by atoms with Gasteiger partial charge in [-0.25, -0.2) is 4.98 Å². The first-order valence-electron chi connectivity index (χ1n) is 12.4. The molecule has 1 aliphatic rings. The first kappa shape index (κ1) is 29.8. The second kappa shape index (κ2) is 11.8. The maximum atomic E-state index is 12.9. The van der Waals surface area contributed by atoms with Gasteiger partial charge in [0.15, 0.2) is 4.96 Å². The summed E-state index contributed by atoms with van der Waals surface area (Å²) in [4.78, 5) is 23.6. The minimum Gasteiger partial charge on any atom is -0.406 e. The van der Waals surface area contributed by atoms with Crippen LogP contribution in [0.2, 0.25) is 5.02 Å². The number of rotatable bonds is 6. The molecule has 214 valence electrons. The molecular formula is C27H28Cl2F3N5O2S. The van der Waals surface area contributed by atoms with Crippen molar-refractivity contribution in [2.24, 2.45) is 0 Å². The topological polar surface area (TPSA) is 62.1 Å². The third kappa shape index (κ3) is 6.42. The molecule has 3 heterocycles. The molecule has 1 aliphatic heterocycles. The largest absolute Gasteiger partial charge is 0.573 e. The molecule has 0 spiro atoms. The van der Waals surface area contributed by atoms with Crippen LogP contribution in [0.25, 0.3) is 4.96 Å². The number of fused-ring (bicyclic) bond motifs is 1. The van der Waals surface area contributed by atoms with Gasteiger partial charge in [0.1, 0.15) is 11.4 Å². The fourth-order valence-electron chi connectivity index (χ4n) is 4.92. The van der Waals surface area contributed by atoms with Gasteiger partial charge in [0.05, 0.1) is 16.4 Å². The van der Waals surface area contributed by atoms with E-state index in [1.165, 1.54) is 12.1 Å². The predicted octanol–water partition coefficient (Wildman–Crippen LogP) is 6.63. The average molecular weight is 615 g/mol. The number of aromatic nitrogens is 2. The third-order valence-corrected chi connectivity index (χ3v) is 7.87. The fourth-order valence-corrected chi connectivity index (χ4v) is 6.11. The van der Waals surface area contributed by atoms with Gasteiger partial charge in [-0.15, -0.1) is 36.9 Å². The van der Waals surface area contributed by atoms with E-state index in [0.29, 0.717) is 42.6 Å². The molecule has 0 saturated carbocycles. The summed E-state index contributed by atoms with van der Waals surface area (Å²) in [7, 11) is 0. The maximum Gasteiger partial charge on any atom is 0.573 e. The lowest BCUT2D eigenvalue weighted by Gasteiger charge is -2.42. The summed E-state index contributed by atoms with van der Waals surface area (Å²) < 4.78 is 43.2. The zero-order valence-corrected chi connectivity index (χ0v) is 24.3. The van der Waals surface area contributed by atoms with Crippen molar-refractivity contribution in [3.63, 3.8) is 0 Å². The van der Waals surface area contributed by atoms with E-state index in [4.69, 9.17) is 11.6 Å². The lowest BCUT2D eigenvalue weighted by molar-refractivity contribution is -0.274. The Morgan fingerprint density at radius 2 is 1.90 bits per heavy atom. The molecule has 1 fully saturated rings. The van der Waals surface area contributed by atoms with E-state index in [1.54, 1.807) is 23.5 Å². The van der Waals surface area contributed by atoms with E-state index in [9.17, 15) is 18.0 Å². The lowest BCUT2D eigenvalue weighted by Crippen LogP contribution is -2.52. The highest BCUT2D eigenvalue weighted by molar-refractivity contribution is 7.17. The van der Waals surface area contributed by atoms with Crippen molar-refractivity contribution in [3.8, 4) is 5.75 Å². The standard InChI is InChI=1S/C27H27ClF3N5O2S.ClH/c1-16-14-34(10-11-35(16)20-5-7-21(8-6-20)38-27(29,30)31)23-9-4-19(12-22(23)28)13-32-25(37)24-18(3)33-26-36(24)15-17(2)39-26;/h4-9,12,15-16H,10-11,13-14H2,1-3H3,(H,32,37);1H/t16-;/m0./s1. The molecule has 0 unspecified atom stereocenters. The van der Waals surface area contributed by atoms with Gasteiger partial charge in [0.2, 0.25) is 0 Å². The molecule has 40 heavy (non-hydrogen) atoms. The second-order valence-corrected chi connectivity index (χ2v) is 11.2. The molecule has 2 aromatic heterocycles. The first-order valence-corrected chi connectivity index (χ1v) is 13.6. The fraction of sp³-hybridized carbons (Fsp3) is 0.333. The van der Waals surface area contributed by atoms with Gasteiger partial charge >= 0.3 is 6.36 Å². The van der Waals surface area contributed by atoms with Crippen LogP contribution in [0.1, 0.15) is 33.5 Å². The van der Waals surface area contributed by atoms with Crippen molar-refractivity contribution in [3.05, 3.63) is 75.5 Å². The van der Waals surface area contributed by atoms with Gasteiger partial charge in [-0.1, -0.05) is 17.7 Å². The SMILES string of the molecule is Cc1cn2c(C(=O)NCc3ccc(N4CCN(c5ccc(OC(F)(F)F)cc5)[C@@H](C)C4)c(Cl)c3)c(C)nc2s1.Cl. The highest BCUT2D eigenvalue weighted by atomic mass is 35.5. The Morgan fingerprint density at radius 3 is 2.55 bits per heavy atom. The zero-order chi connectivity index (χ0) is 27.9. The summed E-state index contributed by atoms with van der Waals surface area (Å²) in [6, 6.07) is 11.8. The minimum absolute atomic E-state index is 0. The molecule has 5 rings (SSSR count). The van der Waals surface area contributed by atoms with E-state index < -0.39 is 6.36 Å². The number of amides is 1. The Labute approximate surface area is 244 Å². The quantitative estimate of drug-likeness (QED) is 0.264. The lowest BCUT2D eigenvalue weighted by atomic mass is 10.1. The third-order valence-electron chi connectivity index (χ3n) is 6.67. The number of ether oxygens (including phenoxy) is 1. The van der Waals surface area contributed by atoms with Crippen molar-refractivity contribution >= 4 is 57.6 Å².